The minimum Gasteiger partial charge on any atom is -0.453 e. The van der Waals surface area contributed by atoms with Crippen LogP contribution >= 0.6 is 0 Å². The molecular weight excluding hydrogens is 326 g/mol. The molecule has 1 atom stereocenters. The second kappa shape index (κ2) is 6.70. The topological polar surface area (TPSA) is 89.1 Å². The Kier molecular flexibility index (Phi) is 4.61. The number of anilines is 1. The number of amides is 3. The number of piperidine rings is 1. The molecule has 0 saturated carbocycles. The van der Waals surface area contributed by atoms with Gasteiger partial charge in [-0.2, -0.15) is 0 Å². The summed E-state index contributed by atoms with van der Waals surface area (Å²) in [6.45, 7) is 4.73. The van der Waals surface area contributed by atoms with Gasteiger partial charge in [0, 0.05) is 44.7 Å². The van der Waals surface area contributed by atoms with Gasteiger partial charge in [0.15, 0.2) is 11.5 Å². The van der Waals surface area contributed by atoms with Gasteiger partial charge in [-0.25, -0.2) is 9.59 Å². The zero-order valence-electron chi connectivity index (χ0n) is 14.6. The Morgan fingerprint density at radius 3 is 2.80 bits per heavy atom. The van der Waals surface area contributed by atoms with Gasteiger partial charge in [0.1, 0.15) is 0 Å². The van der Waals surface area contributed by atoms with E-state index in [1.807, 2.05) is 13.8 Å². The number of nitrogens with zero attached hydrogens (tertiary/aromatic N) is 1. The number of benzene rings is 1. The van der Waals surface area contributed by atoms with Crippen LogP contribution in [0.4, 0.5) is 15.3 Å². The maximum atomic E-state index is 12.2. The second-order valence-electron chi connectivity index (χ2n) is 6.62. The van der Waals surface area contributed by atoms with E-state index in [0.717, 1.165) is 12.8 Å². The van der Waals surface area contributed by atoms with Crippen molar-refractivity contribution < 1.29 is 23.8 Å². The van der Waals surface area contributed by atoms with E-state index in [4.69, 9.17) is 14.2 Å². The zero-order valence-corrected chi connectivity index (χ0v) is 14.6. The van der Waals surface area contributed by atoms with Crippen molar-refractivity contribution in [3.63, 3.8) is 0 Å². The molecule has 3 amide bonds. The molecule has 0 aliphatic carbocycles. The highest BCUT2D eigenvalue weighted by Gasteiger charge is 2.32. The lowest BCUT2D eigenvalue weighted by Gasteiger charge is -2.32. The first-order valence-electron chi connectivity index (χ1n) is 8.29. The molecule has 2 aliphatic heterocycles. The Labute approximate surface area is 146 Å². The monoisotopic (exact) mass is 349 g/mol. The molecule has 25 heavy (non-hydrogen) atoms. The van der Waals surface area contributed by atoms with Crippen molar-refractivity contribution in [1.29, 1.82) is 0 Å². The van der Waals surface area contributed by atoms with Gasteiger partial charge in [-0.05, 0) is 25.0 Å². The summed E-state index contributed by atoms with van der Waals surface area (Å²) < 4.78 is 16.0. The Hall–Kier alpha value is -2.64. The second-order valence-corrected chi connectivity index (χ2v) is 6.62. The minimum atomic E-state index is -0.706. The van der Waals surface area contributed by atoms with Gasteiger partial charge in [0.05, 0.1) is 7.11 Å². The fourth-order valence-electron chi connectivity index (χ4n) is 3.04. The van der Waals surface area contributed by atoms with Gasteiger partial charge in [-0.1, -0.05) is 0 Å². The smallest absolute Gasteiger partial charge is 0.409 e. The third-order valence-electron chi connectivity index (χ3n) is 4.10. The summed E-state index contributed by atoms with van der Waals surface area (Å²) in [6, 6.07) is 4.81. The summed E-state index contributed by atoms with van der Waals surface area (Å²) >= 11 is 0. The van der Waals surface area contributed by atoms with Crippen LogP contribution in [0.3, 0.4) is 0 Å². The third kappa shape index (κ3) is 4.07. The normalized spacial score (nSPS) is 20.8. The Morgan fingerprint density at radius 2 is 2.04 bits per heavy atom. The molecule has 0 radical (unpaired) electrons. The average Bonchev–Trinajstić information content (AvgIpc) is 2.87. The van der Waals surface area contributed by atoms with Crippen LogP contribution in [0.25, 0.3) is 0 Å². The van der Waals surface area contributed by atoms with Gasteiger partial charge in [0.2, 0.25) is 5.79 Å². The highest BCUT2D eigenvalue weighted by atomic mass is 16.7. The van der Waals surface area contributed by atoms with E-state index in [0.29, 0.717) is 30.3 Å². The first-order valence-corrected chi connectivity index (χ1v) is 8.29. The number of likely N-dealkylation sites (tertiary alicyclic amines) is 1. The van der Waals surface area contributed by atoms with Crippen LogP contribution in [0.2, 0.25) is 0 Å². The highest BCUT2D eigenvalue weighted by Crippen LogP contribution is 2.40. The maximum Gasteiger partial charge on any atom is 0.409 e. The van der Waals surface area contributed by atoms with Gasteiger partial charge < -0.3 is 29.7 Å². The van der Waals surface area contributed by atoms with E-state index >= 15 is 0 Å². The SMILES string of the molecule is COC(=O)N1CCCC(NC(=O)Nc2ccc3c(c2)OC(C)(C)O3)C1. The van der Waals surface area contributed by atoms with Crippen LogP contribution in [0.15, 0.2) is 18.2 Å². The summed E-state index contributed by atoms with van der Waals surface area (Å²) in [5, 5.41) is 5.67. The predicted molar refractivity (Wildman–Crippen MR) is 90.9 cm³/mol. The molecule has 1 aromatic carbocycles. The molecule has 0 bridgehead atoms. The summed E-state index contributed by atoms with van der Waals surface area (Å²) in [5.41, 5.74) is 0.609. The van der Waals surface area contributed by atoms with Crippen molar-refractivity contribution >= 4 is 17.8 Å². The van der Waals surface area contributed by atoms with Crippen molar-refractivity contribution in [1.82, 2.24) is 10.2 Å². The number of urea groups is 1. The molecule has 1 unspecified atom stereocenters. The standard InChI is InChI=1S/C17H23N3O5/c1-17(2)24-13-7-6-11(9-14(13)25-17)18-15(21)19-12-5-4-8-20(10-12)16(22)23-3/h6-7,9,12H,4-5,8,10H2,1-3H3,(H2,18,19,21). The van der Waals surface area contributed by atoms with Crippen molar-refractivity contribution in [3.8, 4) is 11.5 Å². The maximum absolute atomic E-state index is 12.2. The highest BCUT2D eigenvalue weighted by molar-refractivity contribution is 5.90. The number of nitrogens with one attached hydrogen (secondary N) is 2. The number of hydrogen-bond acceptors (Lipinski definition) is 5. The average molecular weight is 349 g/mol. The minimum absolute atomic E-state index is 0.110. The first-order chi connectivity index (χ1) is 11.9. The number of ether oxygens (including phenoxy) is 3. The number of hydrogen-bond donors (Lipinski definition) is 2. The molecule has 136 valence electrons. The number of methoxy groups -OCH3 is 1. The molecule has 8 heteroatoms. The number of carbonyl (C=O) groups is 2. The van der Waals surface area contributed by atoms with Gasteiger partial charge in [0.25, 0.3) is 0 Å². The van der Waals surface area contributed by atoms with Gasteiger partial charge >= 0.3 is 12.1 Å². The van der Waals surface area contributed by atoms with E-state index in [1.165, 1.54) is 7.11 Å². The fourth-order valence-corrected chi connectivity index (χ4v) is 3.04. The predicted octanol–water partition coefficient (Wildman–Crippen LogP) is 2.55. The lowest BCUT2D eigenvalue weighted by atomic mass is 10.1. The number of carbonyl (C=O) groups excluding carboxylic acids is 2. The zero-order chi connectivity index (χ0) is 18.0. The van der Waals surface area contributed by atoms with Crippen molar-refractivity contribution in [2.45, 2.75) is 38.5 Å². The van der Waals surface area contributed by atoms with Crippen LogP contribution in [-0.4, -0.2) is 49.1 Å². The van der Waals surface area contributed by atoms with Crippen LogP contribution in [0, 0.1) is 0 Å². The summed E-state index contributed by atoms with van der Waals surface area (Å²) in [4.78, 5) is 25.4. The summed E-state index contributed by atoms with van der Waals surface area (Å²) in [7, 11) is 1.35. The van der Waals surface area contributed by atoms with E-state index in [2.05, 4.69) is 10.6 Å². The molecular formula is C17H23N3O5. The molecule has 0 spiro atoms. The molecule has 0 aromatic heterocycles. The van der Waals surface area contributed by atoms with Crippen LogP contribution in [0.5, 0.6) is 11.5 Å². The van der Waals surface area contributed by atoms with E-state index in [-0.39, 0.29) is 18.2 Å². The molecule has 1 aromatic rings. The summed E-state index contributed by atoms with van der Waals surface area (Å²) in [6.07, 6.45) is 1.26. The lowest BCUT2D eigenvalue weighted by Crippen LogP contribution is -2.50. The Bertz CT molecular complexity index is 676. The third-order valence-corrected chi connectivity index (χ3v) is 4.10. The van der Waals surface area contributed by atoms with Crippen molar-refractivity contribution in [2.24, 2.45) is 0 Å². The number of fused-ring (bicyclic) bond motifs is 1. The Balaban J connectivity index is 1.56. The molecule has 2 heterocycles. The van der Waals surface area contributed by atoms with E-state index < -0.39 is 5.79 Å². The van der Waals surface area contributed by atoms with Crippen LogP contribution < -0.4 is 20.1 Å². The summed E-state index contributed by atoms with van der Waals surface area (Å²) in [5.74, 6) is 0.539. The molecule has 2 N–H and O–H groups in total. The van der Waals surface area contributed by atoms with Crippen molar-refractivity contribution in [2.75, 3.05) is 25.5 Å². The lowest BCUT2D eigenvalue weighted by molar-refractivity contribution is -0.0431. The molecule has 2 aliphatic rings. The van der Waals surface area contributed by atoms with Crippen molar-refractivity contribution in [3.05, 3.63) is 18.2 Å². The van der Waals surface area contributed by atoms with E-state index in [1.54, 1.807) is 23.1 Å². The quantitative estimate of drug-likeness (QED) is 0.856. The van der Waals surface area contributed by atoms with E-state index in [9.17, 15) is 9.59 Å². The van der Waals surface area contributed by atoms with Crippen LogP contribution in [-0.2, 0) is 4.74 Å². The molecule has 1 saturated heterocycles. The molecule has 1 fully saturated rings. The number of rotatable bonds is 2. The molecule has 8 nitrogen and oxygen atoms in total. The first kappa shape index (κ1) is 17.2. The van der Waals surface area contributed by atoms with Gasteiger partial charge in [-0.15, -0.1) is 0 Å². The fraction of sp³-hybridized carbons (Fsp3) is 0.529. The van der Waals surface area contributed by atoms with Crippen LogP contribution in [0.1, 0.15) is 26.7 Å². The largest absolute Gasteiger partial charge is 0.453 e. The molecule has 3 rings (SSSR count). The Morgan fingerprint density at radius 1 is 1.28 bits per heavy atom. The van der Waals surface area contributed by atoms with Gasteiger partial charge in [-0.3, -0.25) is 0 Å².